The van der Waals surface area contributed by atoms with Gasteiger partial charge in [0.15, 0.2) is 22.2 Å². The number of hydrogen-bond donors (Lipinski definition) is 1. The average Bonchev–Trinajstić information content (AvgIpc) is 3.22. The fourth-order valence-corrected chi connectivity index (χ4v) is 3.79. The van der Waals surface area contributed by atoms with Crippen LogP contribution in [0.1, 0.15) is 21.7 Å². The topological polar surface area (TPSA) is 64.4 Å². The fourth-order valence-electron chi connectivity index (χ4n) is 2.78. The zero-order chi connectivity index (χ0) is 17.6. The van der Waals surface area contributed by atoms with E-state index in [1.165, 1.54) is 11.3 Å². The summed E-state index contributed by atoms with van der Waals surface area (Å²) >= 11 is 1.47. The first-order valence-electron chi connectivity index (χ1n) is 7.81. The van der Waals surface area contributed by atoms with Gasteiger partial charge < -0.3 is 9.15 Å². The number of carbonyl (C=O) groups is 1. The molecule has 1 amide bonds. The second kappa shape index (κ2) is 5.89. The smallest absolute Gasteiger partial charge is 0.293 e. The second-order valence-electron chi connectivity index (χ2n) is 5.84. The van der Waals surface area contributed by atoms with Crippen molar-refractivity contribution in [3.05, 3.63) is 53.3 Å². The van der Waals surface area contributed by atoms with Crippen LogP contribution in [0, 0.1) is 13.8 Å². The molecule has 2 heterocycles. The van der Waals surface area contributed by atoms with Crippen LogP contribution in [0.2, 0.25) is 0 Å². The number of hydrogen-bond acceptors (Lipinski definition) is 5. The molecule has 0 fully saturated rings. The Morgan fingerprint density at radius 1 is 1.20 bits per heavy atom. The molecule has 0 aliphatic rings. The van der Waals surface area contributed by atoms with Crippen molar-refractivity contribution in [3.63, 3.8) is 0 Å². The Hall–Kier alpha value is -2.86. The zero-order valence-corrected chi connectivity index (χ0v) is 14.9. The lowest BCUT2D eigenvalue weighted by atomic mass is 10.1. The van der Waals surface area contributed by atoms with Crippen molar-refractivity contribution < 1.29 is 13.9 Å². The van der Waals surface area contributed by atoms with Crippen molar-refractivity contribution in [2.75, 3.05) is 12.4 Å². The van der Waals surface area contributed by atoms with Crippen LogP contribution in [-0.4, -0.2) is 18.0 Å². The number of anilines is 1. The lowest BCUT2D eigenvalue weighted by Crippen LogP contribution is -2.10. The molecule has 5 nitrogen and oxygen atoms in total. The number of rotatable bonds is 3. The average molecular weight is 352 g/mol. The third kappa shape index (κ3) is 2.64. The first kappa shape index (κ1) is 15.7. The third-order valence-electron chi connectivity index (χ3n) is 4.11. The van der Waals surface area contributed by atoms with Gasteiger partial charge in [0.25, 0.3) is 5.91 Å². The predicted octanol–water partition coefficient (Wildman–Crippen LogP) is 4.92. The summed E-state index contributed by atoms with van der Waals surface area (Å²) in [5.41, 5.74) is 3.72. The monoisotopic (exact) mass is 352 g/mol. The fraction of sp³-hybridized carbons (Fsp3) is 0.158. The van der Waals surface area contributed by atoms with E-state index >= 15 is 0 Å². The molecule has 0 radical (unpaired) electrons. The Balaban J connectivity index is 1.68. The summed E-state index contributed by atoms with van der Waals surface area (Å²) in [7, 11) is 1.57. The molecular weight excluding hydrogens is 336 g/mol. The highest BCUT2D eigenvalue weighted by atomic mass is 32.1. The molecular formula is C19H16N2O3S. The summed E-state index contributed by atoms with van der Waals surface area (Å²) in [5.74, 6) is 0.502. The molecule has 0 saturated heterocycles. The summed E-state index contributed by atoms with van der Waals surface area (Å²) in [6.07, 6.45) is 0. The number of thiazole rings is 1. The van der Waals surface area contributed by atoms with Crippen LogP contribution in [0.15, 0.2) is 40.8 Å². The number of benzene rings is 2. The number of furan rings is 1. The van der Waals surface area contributed by atoms with Gasteiger partial charge >= 0.3 is 0 Å². The molecule has 0 aliphatic carbocycles. The van der Waals surface area contributed by atoms with Crippen molar-refractivity contribution in [1.29, 1.82) is 0 Å². The van der Waals surface area contributed by atoms with E-state index in [0.29, 0.717) is 16.5 Å². The largest absolute Gasteiger partial charge is 0.493 e. The van der Waals surface area contributed by atoms with E-state index in [-0.39, 0.29) is 11.7 Å². The van der Waals surface area contributed by atoms with E-state index in [1.54, 1.807) is 19.2 Å². The lowest BCUT2D eigenvalue weighted by molar-refractivity contribution is 0.0998. The highest BCUT2D eigenvalue weighted by molar-refractivity contribution is 7.22. The number of amides is 1. The normalized spacial score (nSPS) is 11.2. The molecule has 126 valence electrons. The van der Waals surface area contributed by atoms with E-state index < -0.39 is 0 Å². The Morgan fingerprint density at radius 3 is 2.76 bits per heavy atom. The Labute approximate surface area is 148 Å². The van der Waals surface area contributed by atoms with Gasteiger partial charge in [-0.05, 0) is 37.1 Å². The summed E-state index contributed by atoms with van der Waals surface area (Å²) < 4.78 is 12.0. The van der Waals surface area contributed by atoms with Gasteiger partial charge in [-0.2, -0.15) is 0 Å². The van der Waals surface area contributed by atoms with Gasteiger partial charge in [-0.3, -0.25) is 10.1 Å². The van der Waals surface area contributed by atoms with Crippen LogP contribution in [0.25, 0.3) is 21.2 Å². The molecule has 0 aliphatic heterocycles. The Bertz CT molecular complexity index is 1070. The maximum Gasteiger partial charge on any atom is 0.293 e. The number of nitrogens with zero attached hydrogens (tertiary/aromatic N) is 1. The lowest BCUT2D eigenvalue weighted by Gasteiger charge is -1.99. The summed E-state index contributed by atoms with van der Waals surface area (Å²) in [6, 6.07) is 11.3. The van der Waals surface area contributed by atoms with Crippen LogP contribution < -0.4 is 10.1 Å². The summed E-state index contributed by atoms with van der Waals surface area (Å²) in [5, 5.41) is 4.21. The molecule has 2 aromatic carbocycles. The van der Waals surface area contributed by atoms with Gasteiger partial charge in [-0.25, -0.2) is 4.98 Å². The van der Waals surface area contributed by atoms with Gasteiger partial charge in [0.05, 0.1) is 17.3 Å². The maximum absolute atomic E-state index is 12.6. The number of methoxy groups -OCH3 is 1. The van der Waals surface area contributed by atoms with E-state index in [1.807, 2.05) is 32.0 Å². The molecule has 25 heavy (non-hydrogen) atoms. The zero-order valence-electron chi connectivity index (χ0n) is 14.0. The minimum absolute atomic E-state index is 0.229. The Morgan fingerprint density at radius 2 is 2.00 bits per heavy atom. The number of nitrogens with one attached hydrogen (secondary N) is 1. The van der Waals surface area contributed by atoms with E-state index in [4.69, 9.17) is 9.15 Å². The van der Waals surface area contributed by atoms with Crippen LogP contribution >= 0.6 is 11.3 Å². The number of fused-ring (bicyclic) bond motifs is 2. The molecule has 2 aromatic heterocycles. The summed E-state index contributed by atoms with van der Waals surface area (Å²) in [6.45, 7) is 4.05. The molecule has 4 rings (SSSR count). The molecule has 6 heteroatoms. The van der Waals surface area contributed by atoms with Crippen LogP contribution in [-0.2, 0) is 0 Å². The van der Waals surface area contributed by atoms with E-state index in [2.05, 4.69) is 16.4 Å². The summed E-state index contributed by atoms with van der Waals surface area (Å²) in [4.78, 5) is 17.1. The molecule has 0 spiro atoms. The molecule has 0 atom stereocenters. The highest BCUT2D eigenvalue weighted by Crippen LogP contribution is 2.32. The highest BCUT2D eigenvalue weighted by Gasteiger charge is 2.17. The number of ether oxygens (including phenoxy) is 1. The number of para-hydroxylation sites is 1. The maximum atomic E-state index is 12.6. The van der Waals surface area contributed by atoms with Crippen LogP contribution in [0.3, 0.4) is 0 Å². The van der Waals surface area contributed by atoms with Crippen molar-refractivity contribution in [2.45, 2.75) is 13.8 Å². The van der Waals surface area contributed by atoms with Crippen molar-refractivity contribution in [2.24, 2.45) is 0 Å². The van der Waals surface area contributed by atoms with Crippen molar-refractivity contribution in [1.82, 2.24) is 4.98 Å². The minimum Gasteiger partial charge on any atom is -0.493 e. The molecule has 4 aromatic rings. The number of aromatic nitrogens is 1. The van der Waals surface area contributed by atoms with Gasteiger partial charge in [0, 0.05) is 5.39 Å². The van der Waals surface area contributed by atoms with Gasteiger partial charge in [-0.15, -0.1) is 0 Å². The number of carbonyl (C=O) groups excluding carboxylic acids is 1. The Kier molecular flexibility index (Phi) is 3.69. The predicted molar refractivity (Wildman–Crippen MR) is 99.8 cm³/mol. The van der Waals surface area contributed by atoms with E-state index in [9.17, 15) is 4.79 Å². The van der Waals surface area contributed by atoms with Crippen LogP contribution in [0.5, 0.6) is 5.75 Å². The van der Waals surface area contributed by atoms with Crippen molar-refractivity contribution >= 4 is 43.6 Å². The SMILES string of the molecule is COc1cccc2cc(C(=O)Nc3nc4c(C)ccc(C)c4s3)oc12. The molecule has 0 saturated carbocycles. The quantitative estimate of drug-likeness (QED) is 0.568. The molecule has 1 N–H and O–H groups in total. The van der Waals surface area contributed by atoms with Gasteiger partial charge in [-0.1, -0.05) is 35.6 Å². The molecule has 0 unspecified atom stereocenters. The van der Waals surface area contributed by atoms with Crippen molar-refractivity contribution in [3.8, 4) is 5.75 Å². The standard InChI is InChI=1S/C19H16N2O3S/c1-10-7-8-11(2)17-15(10)20-19(25-17)21-18(22)14-9-12-5-4-6-13(23-3)16(12)24-14/h4-9H,1-3H3,(H,20,21,22). The third-order valence-corrected chi connectivity index (χ3v) is 5.22. The van der Waals surface area contributed by atoms with E-state index in [0.717, 1.165) is 26.7 Å². The van der Waals surface area contributed by atoms with Gasteiger partial charge in [0.2, 0.25) is 0 Å². The second-order valence-corrected chi connectivity index (χ2v) is 6.84. The first-order chi connectivity index (χ1) is 12.1. The minimum atomic E-state index is -0.326. The molecule has 0 bridgehead atoms. The van der Waals surface area contributed by atoms with Crippen LogP contribution in [0.4, 0.5) is 5.13 Å². The number of aryl methyl sites for hydroxylation is 2. The van der Waals surface area contributed by atoms with Gasteiger partial charge in [0.1, 0.15) is 0 Å². The first-order valence-corrected chi connectivity index (χ1v) is 8.63.